The normalized spacial score (nSPS) is 9.79. The van der Waals surface area contributed by atoms with Gasteiger partial charge in [0.05, 0.1) is 5.75 Å². The van der Waals surface area contributed by atoms with Crippen molar-refractivity contribution in [2.45, 2.75) is 12.8 Å². The van der Waals surface area contributed by atoms with Crippen LogP contribution in [-0.4, -0.2) is 32.4 Å². The van der Waals surface area contributed by atoms with Crippen LogP contribution in [0.2, 0.25) is 0 Å². The van der Waals surface area contributed by atoms with Crippen LogP contribution in [-0.2, 0) is 20.3 Å². The summed E-state index contributed by atoms with van der Waals surface area (Å²) < 4.78 is 20.2. The Bertz CT molecular complexity index is 288. The van der Waals surface area contributed by atoms with E-state index in [1.54, 1.807) is 0 Å². The van der Waals surface area contributed by atoms with Gasteiger partial charge in [-0.1, -0.05) is 6.58 Å². The zero-order chi connectivity index (χ0) is 11.0. The molecular formula is C8H13NO4S. The monoisotopic (exact) mass is 219 g/mol. The first-order chi connectivity index (χ1) is 6.56. The molecule has 0 aliphatic rings. The quantitative estimate of drug-likeness (QED) is 0.436. The minimum Gasteiger partial charge on any atom is -0.355 e. The highest BCUT2D eigenvalue weighted by Gasteiger charge is 2.03. The van der Waals surface area contributed by atoms with Crippen molar-refractivity contribution in [2.75, 3.05) is 12.3 Å². The standard InChI is InChI=1S/C8H13NO4S/c1-2-7(10)3-4-8(11)9-5-6-14(12)13/h2,14H,1,3-6H2,(H,9,11). The summed E-state index contributed by atoms with van der Waals surface area (Å²) in [4.78, 5) is 21.7. The number of nitrogens with one attached hydrogen (secondary N) is 1. The number of allylic oxidation sites excluding steroid dienone is 1. The minimum absolute atomic E-state index is 0.0699. The molecule has 0 aromatic rings. The van der Waals surface area contributed by atoms with Gasteiger partial charge in [-0.25, -0.2) is 8.42 Å². The largest absolute Gasteiger partial charge is 0.355 e. The van der Waals surface area contributed by atoms with Gasteiger partial charge >= 0.3 is 0 Å². The van der Waals surface area contributed by atoms with Crippen LogP contribution in [0, 0.1) is 0 Å². The lowest BCUT2D eigenvalue weighted by Gasteiger charge is -2.00. The summed E-state index contributed by atoms with van der Waals surface area (Å²) in [5, 5.41) is 2.38. The number of hydrogen-bond donors (Lipinski definition) is 2. The van der Waals surface area contributed by atoms with Gasteiger partial charge in [0, 0.05) is 19.4 Å². The Hall–Kier alpha value is -1.17. The Morgan fingerprint density at radius 1 is 1.29 bits per heavy atom. The molecule has 0 saturated carbocycles. The van der Waals surface area contributed by atoms with Crippen molar-refractivity contribution in [1.29, 1.82) is 0 Å². The van der Waals surface area contributed by atoms with Crippen molar-refractivity contribution < 1.29 is 18.0 Å². The van der Waals surface area contributed by atoms with Gasteiger partial charge in [-0.05, 0) is 6.08 Å². The van der Waals surface area contributed by atoms with Crippen molar-refractivity contribution in [3.63, 3.8) is 0 Å². The van der Waals surface area contributed by atoms with Gasteiger partial charge in [-0.2, -0.15) is 0 Å². The maximum Gasteiger partial charge on any atom is 0.220 e. The van der Waals surface area contributed by atoms with Gasteiger partial charge < -0.3 is 5.32 Å². The van der Waals surface area contributed by atoms with Crippen LogP contribution >= 0.6 is 0 Å². The van der Waals surface area contributed by atoms with Crippen LogP contribution < -0.4 is 5.32 Å². The molecule has 0 aliphatic carbocycles. The van der Waals surface area contributed by atoms with E-state index in [4.69, 9.17) is 0 Å². The topological polar surface area (TPSA) is 80.3 Å². The van der Waals surface area contributed by atoms with Crippen LogP contribution in [0.4, 0.5) is 0 Å². The molecule has 0 heterocycles. The zero-order valence-corrected chi connectivity index (χ0v) is 8.59. The van der Waals surface area contributed by atoms with Gasteiger partial charge in [0.15, 0.2) is 5.78 Å². The summed E-state index contributed by atoms with van der Waals surface area (Å²) in [6, 6.07) is 0. The third kappa shape index (κ3) is 7.48. The van der Waals surface area contributed by atoms with Gasteiger partial charge in [0.2, 0.25) is 5.91 Å². The van der Waals surface area contributed by atoms with Crippen LogP contribution in [0.3, 0.4) is 0 Å². The van der Waals surface area contributed by atoms with Crippen LogP contribution in [0.5, 0.6) is 0 Å². The first-order valence-electron chi connectivity index (χ1n) is 4.10. The van der Waals surface area contributed by atoms with Gasteiger partial charge in [0.25, 0.3) is 0 Å². The fourth-order valence-electron chi connectivity index (χ4n) is 0.714. The molecule has 1 amide bonds. The Kier molecular flexibility index (Phi) is 6.65. The lowest BCUT2D eigenvalue weighted by molar-refractivity contribution is -0.123. The first-order valence-corrected chi connectivity index (χ1v) is 5.46. The second-order valence-electron chi connectivity index (χ2n) is 2.58. The van der Waals surface area contributed by atoms with E-state index in [2.05, 4.69) is 11.9 Å². The Balaban J connectivity index is 3.55. The number of carbonyl (C=O) groups excluding carboxylic acids is 2. The number of rotatable bonds is 7. The number of hydrogen-bond acceptors (Lipinski definition) is 4. The second kappa shape index (κ2) is 7.25. The van der Waals surface area contributed by atoms with E-state index in [1.807, 2.05) is 0 Å². The summed E-state index contributed by atoms with van der Waals surface area (Å²) in [5.41, 5.74) is 0. The third-order valence-electron chi connectivity index (χ3n) is 1.44. The molecule has 14 heavy (non-hydrogen) atoms. The summed E-state index contributed by atoms with van der Waals surface area (Å²) >= 11 is 0. The molecule has 0 aliphatic heterocycles. The average molecular weight is 219 g/mol. The molecule has 1 N–H and O–H groups in total. The molecule has 0 spiro atoms. The van der Waals surface area contributed by atoms with E-state index < -0.39 is 10.7 Å². The van der Waals surface area contributed by atoms with E-state index >= 15 is 0 Å². The molecule has 6 heteroatoms. The summed E-state index contributed by atoms with van der Waals surface area (Å²) in [7, 11) is -2.45. The lowest BCUT2D eigenvalue weighted by Crippen LogP contribution is -2.26. The Morgan fingerprint density at radius 3 is 2.43 bits per heavy atom. The molecule has 0 saturated heterocycles. The fraction of sp³-hybridized carbons (Fsp3) is 0.500. The first kappa shape index (κ1) is 12.8. The summed E-state index contributed by atoms with van der Waals surface area (Å²) in [5.74, 6) is -0.594. The van der Waals surface area contributed by atoms with Crippen LogP contribution in [0.1, 0.15) is 12.8 Å². The summed E-state index contributed by atoms with van der Waals surface area (Å²) in [6.07, 6.45) is 1.33. The molecule has 0 aromatic heterocycles. The average Bonchev–Trinajstić information content (AvgIpc) is 2.13. The molecule has 0 radical (unpaired) electrons. The van der Waals surface area contributed by atoms with Crippen molar-refractivity contribution >= 4 is 22.4 Å². The Morgan fingerprint density at radius 2 is 1.93 bits per heavy atom. The maximum atomic E-state index is 11.0. The molecular weight excluding hydrogens is 206 g/mol. The highest BCUT2D eigenvalue weighted by atomic mass is 32.2. The predicted molar refractivity (Wildman–Crippen MR) is 52.6 cm³/mol. The van der Waals surface area contributed by atoms with Crippen LogP contribution in [0.15, 0.2) is 12.7 Å². The minimum atomic E-state index is -2.45. The predicted octanol–water partition coefficient (Wildman–Crippen LogP) is -0.751. The summed E-state index contributed by atoms with van der Waals surface area (Å²) in [6.45, 7) is 3.36. The van der Waals surface area contributed by atoms with Crippen molar-refractivity contribution in [3.05, 3.63) is 12.7 Å². The fourth-order valence-corrected chi connectivity index (χ4v) is 1.01. The molecule has 0 fully saturated rings. The zero-order valence-electron chi connectivity index (χ0n) is 7.69. The van der Waals surface area contributed by atoms with Gasteiger partial charge in [0.1, 0.15) is 10.7 Å². The Labute approximate surface area is 84.1 Å². The lowest BCUT2D eigenvalue weighted by atomic mass is 10.2. The van der Waals surface area contributed by atoms with Gasteiger partial charge in [-0.3, -0.25) is 9.59 Å². The van der Waals surface area contributed by atoms with Crippen molar-refractivity contribution in [2.24, 2.45) is 0 Å². The van der Waals surface area contributed by atoms with E-state index in [0.29, 0.717) is 0 Å². The number of carbonyl (C=O) groups is 2. The number of ketones is 1. The molecule has 5 nitrogen and oxygen atoms in total. The van der Waals surface area contributed by atoms with E-state index in [0.717, 1.165) is 6.08 Å². The highest BCUT2D eigenvalue weighted by Crippen LogP contribution is 1.91. The highest BCUT2D eigenvalue weighted by molar-refractivity contribution is 7.72. The SMILES string of the molecule is C=CC(=O)CCC(=O)NCC[SH](=O)=O. The van der Waals surface area contributed by atoms with E-state index in [9.17, 15) is 18.0 Å². The smallest absolute Gasteiger partial charge is 0.220 e. The maximum absolute atomic E-state index is 11.0. The molecule has 0 unspecified atom stereocenters. The molecule has 80 valence electrons. The molecule has 0 atom stereocenters. The second-order valence-corrected chi connectivity index (χ2v) is 3.69. The van der Waals surface area contributed by atoms with E-state index in [-0.39, 0.29) is 36.8 Å². The number of amides is 1. The van der Waals surface area contributed by atoms with Crippen molar-refractivity contribution in [1.82, 2.24) is 5.32 Å². The number of thiol groups is 1. The van der Waals surface area contributed by atoms with E-state index in [1.165, 1.54) is 0 Å². The molecule has 0 rings (SSSR count). The van der Waals surface area contributed by atoms with Gasteiger partial charge in [-0.15, -0.1) is 0 Å². The van der Waals surface area contributed by atoms with Crippen LogP contribution in [0.25, 0.3) is 0 Å². The molecule has 0 bridgehead atoms. The molecule has 0 aromatic carbocycles. The van der Waals surface area contributed by atoms with Crippen molar-refractivity contribution in [3.8, 4) is 0 Å². The third-order valence-corrected chi connectivity index (χ3v) is 2.03.